The van der Waals surface area contributed by atoms with Crippen LogP contribution in [0.5, 0.6) is 5.75 Å². The maximum Gasteiger partial charge on any atom is 0.122 e. The summed E-state index contributed by atoms with van der Waals surface area (Å²) in [7, 11) is 1.78. The molecule has 112 valence electrons. The van der Waals surface area contributed by atoms with Crippen molar-refractivity contribution in [1.29, 1.82) is 0 Å². The third-order valence-corrected chi connectivity index (χ3v) is 4.61. The van der Waals surface area contributed by atoms with E-state index in [9.17, 15) is 0 Å². The zero-order valence-corrected chi connectivity index (χ0v) is 13.6. The maximum atomic E-state index is 5.62. The Balaban J connectivity index is 2.23. The van der Waals surface area contributed by atoms with E-state index in [1.54, 1.807) is 7.11 Å². The van der Waals surface area contributed by atoms with Gasteiger partial charge in [-0.15, -0.1) is 0 Å². The summed E-state index contributed by atoms with van der Waals surface area (Å²) in [6, 6.07) is 6.59. The lowest BCUT2D eigenvalue weighted by Crippen LogP contribution is -2.31. The van der Waals surface area contributed by atoms with E-state index in [4.69, 9.17) is 4.74 Å². The SMILES string of the molecule is CCC1CC1(CNCC(C)C)c1cc(C)ccc1OC. The molecule has 1 N–H and O–H groups in total. The van der Waals surface area contributed by atoms with E-state index in [2.05, 4.69) is 51.2 Å². The van der Waals surface area contributed by atoms with E-state index >= 15 is 0 Å². The molecule has 2 atom stereocenters. The number of ether oxygens (including phenoxy) is 1. The number of aryl methyl sites for hydroxylation is 1. The molecule has 2 rings (SSSR count). The van der Waals surface area contributed by atoms with Crippen LogP contribution in [0.2, 0.25) is 0 Å². The van der Waals surface area contributed by atoms with E-state index in [-0.39, 0.29) is 0 Å². The molecule has 0 aromatic heterocycles. The Morgan fingerprint density at radius 3 is 2.70 bits per heavy atom. The summed E-state index contributed by atoms with van der Waals surface area (Å²) in [6.45, 7) is 11.2. The Morgan fingerprint density at radius 2 is 2.15 bits per heavy atom. The quantitative estimate of drug-likeness (QED) is 0.814. The van der Waals surface area contributed by atoms with Gasteiger partial charge in [0.1, 0.15) is 5.75 Å². The summed E-state index contributed by atoms with van der Waals surface area (Å²) in [6.07, 6.45) is 2.54. The van der Waals surface area contributed by atoms with Crippen molar-refractivity contribution in [3.63, 3.8) is 0 Å². The van der Waals surface area contributed by atoms with E-state index in [0.29, 0.717) is 11.3 Å². The second-order valence-corrected chi connectivity index (χ2v) is 6.69. The lowest BCUT2D eigenvalue weighted by molar-refractivity contribution is 0.395. The standard InChI is InChI=1S/C18H29NO/c1-6-15-10-18(15,12-19-11-13(2)3)16-9-14(4)7-8-17(16)20-5/h7-9,13,15,19H,6,10-12H2,1-5H3. The van der Waals surface area contributed by atoms with Crippen molar-refractivity contribution in [3.8, 4) is 5.75 Å². The Labute approximate surface area is 123 Å². The molecule has 0 radical (unpaired) electrons. The fraction of sp³-hybridized carbons (Fsp3) is 0.667. The van der Waals surface area contributed by atoms with Gasteiger partial charge in [-0.3, -0.25) is 0 Å². The zero-order valence-electron chi connectivity index (χ0n) is 13.6. The summed E-state index contributed by atoms with van der Waals surface area (Å²) in [5.74, 6) is 2.54. The molecule has 0 bridgehead atoms. The van der Waals surface area contributed by atoms with Crippen LogP contribution in [0.25, 0.3) is 0 Å². The first-order valence-electron chi connectivity index (χ1n) is 7.89. The van der Waals surface area contributed by atoms with Gasteiger partial charge in [0.15, 0.2) is 0 Å². The molecule has 2 unspecified atom stereocenters. The third kappa shape index (κ3) is 3.01. The third-order valence-electron chi connectivity index (χ3n) is 4.61. The minimum Gasteiger partial charge on any atom is -0.496 e. The molecule has 1 aromatic carbocycles. The lowest BCUT2D eigenvalue weighted by Gasteiger charge is -2.22. The van der Waals surface area contributed by atoms with Gasteiger partial charge >= 0.3 is 0 Å². The second-order valence-electron chi connectivity index (χ2n) is 6.69. The van der Waals surface area contributed by atoms with Crippen LogP contribution in [0, 0.1) is 18.8 Å². The number of rotatable bonds is 7. The summed E-state index contributed by atoms with van der Waals surface area (Å²) in [5, 5.41) is 3.67. The van der Waals surface area contributed by atoms with Crippen molar-refractivity contribution in [2.45, 2.75) is 46.0 Å². The second kappa shape index (κ2) is 6.17. The summed E-state index contributed by atoms with van der Waals surface area (Å²) < 4.78 is 5.62. The minimum atomic E-state index is 0.293. The summed E-state index contributed by atoms with van der Waals surface area (Å²) in [4.78, 5) is 0. The van der Waals surface area contributed by atoms with Crippen molar-refractivity contribution in [1.82, 2.24) is 5.32 Å². The number of nitrogens with one attached hydrogen (secondary N) is 1. The molecule has 1 fully saturated rings. The highest BCUT2D eigenvalue weighted by Crippen LogP contribution is 2.57. The highest BCUT2D eigenvalue weighted by molar-refractivity contribution is 5.47. The number of hydrogen-bond donors (Lipinski definition) is 1. The molecule has 0 aliphatic heterocycles. The van der Waals surface area contributed by atoms with Gasteiger partial charge in [0.05, 0.1) is 7.11 Å². The lowest BCUT2D eigenvalue weighted by atomic mass is 9.90. The largest absolute Gasteiger partial charge is 0.496 e. The van der Waals surface area contributed by atoms with Crippen LogP contribution in [-0.4, -0.2) is 20.2 Å². The normalized spacial score (nSPS) is 25.0. The molecule has 0 spiro atoms. The molecule has 2 heteroatoms. The van der Waals surface area contributed by atoms with Gasteiger partial charge in [0.2, 0.25) is 0 Å². The Morgan fingerprint density at radius 1 is 1.40 bits per heavy atom. The van der Waals surface area contributed by atoms with Gasteiger partial charge in [-0.1, -0.05) is 44.9 Å². The molecule has 1 aromatic rings. The number of benzene rings is 1. The van der Waals surface area contributed by atoms with Gasteiger partial charge in [-0.2, -0.15) is 0 Å². The van der Waals surface area contributed by atoms with Crippen molar-refractivity contribution >= 4 is 0 Å². The molecule has 0 amide bonds. The maximum absolute atomic E-state index is 5.62. The van der Waals surface area contributed by atoms with Crippen LogP contribution in [0.4, 0.5) is 0 Å². The number of methoxy groups -OCH3 is 1. The predicted molar refractivity (Wildman–Crippen MR) is 85.5 cm³/mol. The highest BCUT2D eigenvalue weighted by Gasteiger charge is 2.54. The number of hydrogen-bond acceptors (Lipinski definition) is 2. The molecule has 1 aliphatic rings. The van der Waals surface area contributed by atoms with Crippen molar-refractivity contribution in [2.75, 3.05) is 20.2 Å². The fourth-order valence-electron chi connectivity index (χ4n) is 3.35. The van der Waals surface area contributed by atoms with E-state index < -0.39 is 0 Å². The highest BCUT2D eigenvalue weighted by atomic mass is 16.5. The fourth-order valence-corrected chi connectivity index (χ4v) is 3.35. The molecule has 0 saturated heterocycles. The van der Waals surface area contributed by atoms with E-state index in [1.807, 2.05) is 0 Å². The minimum absolute atomic E-state index is 0.293. The average Bonchev–Trinajstić information content (AvgIpc) is 3.13. The molecule has 2 nitrogen and oxygen atoms in total. The first-order valence-corrected chi connectivity index (χ1v) is 7.89. The molecule has 1 aliphatic carbocycles. The van der Waals surface area contributed by atoms with Crippen LogP contribution < -0.4 is 10.1 Å². The van der Waals surface area contributed by atoms with Crippen LogP contribution >= 0.6 is 0 Å². The zero-order chi connectivity index (χ0) is 14.8. The average molecular weight is 275 g/mol. The van der Waals surface area contributed by atoms with Gasteiger partial charge in [-0.05, 0) is 37.8 Å². The first kappa shape index (κ1) is 15.4. The first-order chi connectivity index (χ1) is 9.53. The van der Waals surface area contributed by atoms with Crippen molar-refractivity contribution in [3.05, 3.63) is 29.3 Å². The topological polar surface area (TPSA) is 21.3 Å². The molecular formula is C18H29NO. The molecule has 0 heterocycles. The van der Waals surface area contributed by atoms with Crippen molar-refractivity contribution in [2.24, 2.45) is 11.8 Å². The van der Waals surface area contributed by atoms with Crippen LogP contribution in [0.1, 0.15) is 44.7 Å². The summed E-state index contributed by atoms with van der Waals surface area (Å²) in [5.41, 5.74) is 3.02. The van der Waals surface area contributed by atoms with Gasteiger partial charge in [-0.25, -0.2) is 0 Å². The van der Waals surface area contributed by atoms with Crippen LogP contribution in [0.3, 0.4) is 0 Å². The summed E-state index contributed by atoms with van der Waals surface area (Å²) >= 11 is 0. The van der Waals surface area contributed by atoms with Gasteiger partial charge in [0, 0.05) is 17.5 Å². The molecule has 1 saturated carbocycles. The molecule has 20 heavy (non-hydrogen) atoms. The molecular weight excluding hydrogens is 246 g/mol. The van der Waals surface area contributed by atoms with Crippen molar-refractivity contribution < 1.29 is 4.74 Å². The van der Waals surface area contributed by atoms with Crippen LogP contribution in [-0.2, 0) is 5.41 Å². The smallest absolute Gasteiger partial charge is 0.122 e. The van der Waals surface area contributed by atoms with Crippen LogP contribution in [0.15, 0.2) is 18.2 Å². The van der Waals surface area contributed by atoms with Gasteiger partial charge < -0.3 is 10.1 Å². The Bertz CT molecular complexity index is 455. The monoisotopic (exact) mass is 275 g/mol. The van der Waals surface area contributed by atoms with E-state index in [0.717, 1.165) is 24.8 Å². The predicted octanol–water partition coefficient (Wildman–Crippen LogP) is 3.92. The van der Waals surface area contributed by atoms with Gasteiger partial charge in [0.25, 0.3) is 0 Å². The Kier molecular flexibility index (Phi) is 4.74. The Hall–Kier alpha value is -1.02. The van der Waals surface area contributed by atoms with E-state index in [1.165, 1.54) is 24.0 Å².